The zero-order valence-electron chi connectivity index (χ0n) is 15.5. The Morgan fingerprint density at radius 2 is 1.89 bits per heavy atom. The van der Waals surface area contributed by atoms with Crippen LogP contribution in [0.3, 0.4) is 0 Å². The van der Waals surface area contributed by atoms with Gasteiger partial charge >= 0.3 is 5.97 Å². The van der Waals surface area contributed by atoms with Crippen LogP contribution < -0.4 is 4.90 Å². The van der Waals surface area contributed by atoms with E-state index in [1.54, 1.807) is 32.0 Å². The number of amides is 1. The Balaban J connectivity index is 1.93. The average molecular weight is 398 g/mol. The maximum absolute atomic E-state index is 13.3. The van der Waals surface area contributed by atoms with Gasteiger partial charge in [-0.2, -0.15) is 0 Å². The summed E-state index contributed by atoms with van der Waals surface area (Å²) < 4.78 is 18.3. The van der Waals surface area contributed by atoms with Crippen LogP contribution in [0.15, 0.2) is 53.9 Å². The van der Waals surface area contributed by atoms with E-state index in [0.717, 1.165) is 4.88 Å². The summed E-state index contributed by atoms with van der Waals surface area (Å²) in [5, 5.41) is 1.93. The van der Waals surface area contributed by atoms with Crippen LogP contribution in [-0.2, 0) is 11.3 Å². The number of carbonyl (C=O) groups is 2. The second kappa shape index (κ2) is 8.75. The molecule has 1 amide bonds. The van der Waals surface area contributed by atoms with E-state index in [1.165, 1.54) is 34.4 Å². The quantitative estimate of drug-likeness (QED) is 0.569. The maximum Gasteiger partial charge on any atom is 0.339 e. The Kier molecular flexibility index (Phi) is 6.16. The normalized spacial score (nSPS) is 10.5. The van der Waals surface area contributed by atoms with E-state index in [4.69, 9.17) is 4.74 Å². The molecule has 0 aliphatic rings. The molecule has 0 aliphatic carbocycles. The van der Waals surface area contributed by atoms with Gasteiger partial charge in [0.05, 0.1) is 24.4 Å². The van der Waals surface area contributed by atoms with Crippen LogP contribution in [0.25, 0.3) is 0 Å². The van der Waals surface area contributed by atoms with Crippen LogP contribution in [0.4, 0.5) is 10.1 Å². The van der Waals surface area contributed by atoms with Crippen molar-refractivity contribution in [3.05, 3.63) is 81.6 Å². The number of esters is 1. The number of rotatable bonds is 6. The first-order valence-corrected chi connectivity index (χ1v) is 9.62. The Morgan fingerprint density at radius 3 is 2.50 bits per heavy atom. The maximum atomic E-state index is 13.3. The molecular weight excluding hydrogens is 379 g/mol. The molecule has 0 bridgehead atoms. The number of halogens is 1. The number of benzene rings is 1. The summed E-state index contributed by atoms with van der Waals surface area (Å²) in [6.07, 6.45) is 0. The molecule has 0 atom stereocenters. The molecule has 2 heterocycles. The molecule has 1 aromatic carbocycles. The van der Waals surface area contributed by atoms with Gasteiger partial charge in [0.2, 0.25) is 0 Å². The fourth-order valence-corrected chi connectivity index (χ4v) is 3.40. The molecule has 0 saturated heterocycles. The summed E-state index contributed by atoms with van der Waals surface area (Å²) in [5.74, 6) is -1.18. The van der Waals surface area contributed by atoms with Gasteiger partial charge in [0, 0.05) is 10.6 Å². The van der Waals surface area contributed by atoms with Gasteiger partial charge in [-0.15, -0.1) is 11.3 Å². The molecule has 7 heteroatoms. The molecule has 0 N–H and O–H groups in total. The largest absolute Gasteiger partial charge is 0.462 e. The number of carbonyl (C=O) groups excluding carboxylic acids is 2. The summed E-state index contributed by atoms with van der Waals surface area (Å²) >= 11 is 1.53. The van der Waals surface area contributed by atoms with Crippen molar-refractivity contribution in [2.24, 2.45) is 0 Å². The van der Waals surface area contributed by atoms with Gasteiger partial charge < -0.3 is 9.64 Å². The zero-order chi connectivity index (χ0) is 20.1. The van der Waals surface area contributed by atoms with E-state index in [1.807, 2.05) is 17.5 Å². The molecular formula is C21H19FN2O3S. The molecule has 0 spiro atoms. The topological polar surface area (TPSA) is 59.5 Å². The third kappa shape index (κ3) is 4.43. The van der Waals surface area contributed by atoms with E-state index < -0.39 is 5.97 Å². The van der Waals surface area contributed by atoms with Gasteiger partial charge in [-0.25, -0.2) is 14.2 Å². The highest BCUT2D eigenvalue weighted by atomic mass is 32.1. The van der Waals surface area contributed by atoms with Gasteiger partial charge in [-0.05, 0) is 61.7 Å². The molecule has 0 radical (unpaired) electrons. The number of ether oxygens (including phenoxy) is 1. The number of pyridine rings is 1. The number of anilines is 1. The minimum atomic E-state index is -0.472. The molecule has 28 heavy (non-hydrogen) atoms. The minimum Gasteiger partial charge on any atom is -0.462 e. The monoisotopic (exact) mass is 398 g/mol. The first-order chi connectivity index (χ1) is 13.5. The van der Waals surface area contributed by atoms with E-state index >= 15 is 0 Å². The molecule has 144 valence electrons. The molecule has 0 fully saturated rings. The minimum absolute atomic E-state index is 0.200. The van der Waals surface area contributed by atoms with Crippen molar-refractivity contribution >= 4 is 28.9 Å². The fourth-order valence-electron chi connectivity index (χ4n) is 2.70. The SMILES string of the molecule is CCOC(=O)c1ccc(C(=O)N(Cc2cccs2)c2ccc(F)cc2)nc1C. The van der Waals surface area contributed by atoms with Crippen molar-refractivity contribution in [1.29, 1.82) is 0 Å². The van der Waals surface area contributed by atoms with Crippen LogP contribution in [0.2, 0.25) is 0 Å². The van der Waals surface area contributed by atoms with Crippen molar-refractivity contribution in [1.82, 2.24) is 4.98 Å². The number of aromatic nitrogens is 1. The van der Waals surface area contributed by atoms with Gasteiger partial charge in [-0.3, -0.25) is 4.79 Å². The van der Waals surface area contributed by atoms with Gasteiger partial charge in [-0.1, -0.05) is 6.07 Å². The van der Waals surface area contributed by atoms with E-state index in [-0.39, 0.29) is 24.0 Å². The first-order valence-electron chi connectivity index (χ1n) is 8.74. The summed E-state index contributed by atoms with van der Waals surface area (Å²) in [7, 11) is 0. The summed E-state index contributed by atoms with van der Waals surface area (Å²) in [4.78, 5) is 32.0. The lowest BCUT2D eigenvalue weighted by molar-refractivity contribution is 0.0524. The number of hydrogen-bond acceptors (Lipinski definition) is 5. The molecule has 3 aromatic rings. The number of aryl methyl sites for hydroxylation is 1. The Hall–Kier alpha value is -3.06. The predicted octanol–water partition coefficient (Wildman–Crippen LogP) is 4.61. The van der Waals surface area contributed by atoms with E-state index in [9.17, 15) is 14.0 Å². The van der Waals surface area contributed by atoms with Gasteiger partial charge in [0.25, 0.3) is 5.91 Å². The highest BCUT2D eigenvalue weighted by Gasteiger charge is 2.22. The number of hydrogen-bond donors (Lipinski definition) is 0. The Bertz CT molecular complexity index is 972. The lowest BCUT2D eigenvalue weighted by atomic mass is 10.1. The van der Waals surface area contributed by atoms with Crippen LogP contribution in [0, 0.1) is 12.7 Å². The summed E-state index contributed by atoms with van der Waals surface area (Å²) in [6, 6.07) is 12.6. The van der Waals surface area contributed by atoms with Crippen molar-refractivity contribution in [2.45, 2.75) is 20.4 Å². The summed E-state index contributed by atoms with van der Waals surface area (Å²) in [5.41, 5.74) is 1.50. The highest BCUT2D eigenvalue weighted by Crippen LogP contribution is 2.23. The predicted molar refractivity (Wildman–Crippen MR) is 106 cm³/mol. The summed E-state index contributed by atoms with van der Waals surface area (Å²) in [6.45, 7) is 3.98. The second-order valence-electron chi connectivity index (χ2n) is 6.00. The van der Waals surface area contributed by atoms with Crippen molar-refractivity contribution in [2.75, 3.05) is 11.5 Å². The Labute approximate surface area is 166 Å². The molecule has 2 aromatic heterocycles. The molecule has 0 saturated carbocycles. The second-order valence-corrected chi connectivity index (χ2v) is 7.03. The zero-order valence-corrected chi connectivity index (χ0v) is 16.3. The van der Waals surface area contributed by atoms with Crippen molar-refractivity contribution in [3.8, 4) is 0 Å². The number of thiophene rings is 1. The lowest BCUT2D eigenvalue weighted by Gasteiger charge is -2.22. The molecule has 5 nitrogen and oxygen atoms in total. The average Bonchev–Trinajstić information content (AvgIpc) is 3.20. The number of nitrogens with zero attached hydrogens (tertiary/aromatic N) is 2. The van der Waals surface area contributed by atoms with Crippen LogP contribution in [-0.4, -0.2) is 23.5 Å². The van der Waals surface area contributed by atoms with E-state index in [2.05, 4.69) is 4.98 Å². The van der Waals surface area contributed by atoms with Crippen LogP contribution in [0.1, 0.15) is 38.3 Å². The standard InChI is InChI=1S/C21H19FN2O3S/c1-3-27-21(26)18-10-11-19(23-14(18)2)20(25)24(13-17-5-4-12-28-17)16-8-6-15(22)7-9-16/h4-12H,3,13H2,1-2H3. The highest BCUT2D eigenvalue weighted by molar-refractivity contribution is 7.09. The fraction of sp³-hybridized carbons (Fsp3) is 0.190. The lowest BCUT2D eigenvalue weighted by Crippen LogP contribution is -2.31. The molecule has 0 aliphatic heterocycles. The van der Waals surface area contributed by atoms with E-state index in [0.29, 0.717) is 23.5 Å². The van der Waals surface area contributed by atoms with Gasteiger partial charge in [0.1, 0.15) is 11.5 Å². The van der Waals surface area contributed by atoms with Crippen LogP contribution in [0.5, 0.6) is 0 Å². The third-order valence-corrected chi connectivity index (χ3v) is 4.94. The van der Waals surface area contributed by atoms with Crippen molar-refractivity contribution in [3.63, 3.8) is 0 Å². The first kappa shape index (κ1) is 19.7. The Morgan fingerprint density at radius 1 is 1.14 bits per heavy atom. The molecule has 0 unspecified atom stereocenters. The smallest absolute Gasteiger partial charge is 0.339 e. The van der Waals surface area contributed by atoms with Gasteiger partial charge in [0.15, 0.2) is 0 Å². The van der Waals surface area contributed by atoms with Crippen molar-refractivity contribution < 1.29 is 18.7 Å². The van der Waals surface area contributed by atoms with Crippen LogP contribution >= 0.6 is 11.3 Å². The molecule has 3 rings (SSSR count). The third-order valence-electron chi connectivity index (χ3n) is 4.08.